The highest BCUT2D eigenvalue weighted by molar-refractivity contribution is 6.64. The lowest BCUT2D eigenvalue weighted by Crippen LogP contribution is -2.30. The predicted octanol–water partition coefficient (Wildman–Crippen LogP) is 2.12. The summed E-state index contributed by atoms with van der Waals surface area (Å²) in [5, 5.41) is 7.23. The Hall–Kier alpha value is -0.843. The third-order valence-corrected chi connectivity index (χ3v) is 2.32. The number of nitrogens with zero attached hydrogens (tertiary/aromatic N) is 2. The molecule has 0 amide bonds. The average molecular weight is 188 g/mol. The molecule has 5 heteroatoms. The smallest absolute Gasteiger partial charge is 0.409 e. The Morgan fingerprint density at radius 2 is 2.00 bits per heavy atom. The zero-order chi connectivity index (χ0) is 9.61. The summed E-state index contributed by atoms with van der Waals surface area (Å²) in [5.74, 6) is 0. The molecule has 12 heavy (non-hydrogen) atoms. The van der Waals surface area contributed by atoms with Crippen molar-refractivity contribution in [3.8, 4) is 0 Å². The summed E-state index contributed by atoms with van der Waals surface area (Å²) in [7, 11) is -2.20. The Labute approximate surface area is 74.5 Å². The minimum atomic E-state index is -2.20. The van der Waals surface area contributed by atoms with Gasteiger partial charge in [-0.3, -0.25) is 0 Å². The van der Waals surface area contributed by atoms with Gasteiger partial charge >= 0.3 is 8.56 Å². The van der Waals surface area contributed by atoms with E-state index in [1.54, 1.807) is 0 Å². The number of hydrogen-bond donors (Lipinski definition) is 0. The fraction of sp³-hybridized carbons (Fsp3) is 0.714. The lowest BCUT2D eigenvalue weighted by molar-refractivity contribution is 0.194. The molecule has 0 bridgehead atoms. The average Bonchev–Trinajstić information content (AvgIpc) is 2.00. The van der Waals surface area contributed by atoms with E-state index in [0.29, 0.717) is 0 Å². The first-order valence-corrected chi connectivity index (χ1v) is 6.69. The van der Waals surface area contributed by atoms with Gasteiger partial charge in [0.05, 0.1) is 5.71 Å². The summed E-state index contributed by atoms with van der Waals surface area (Å²) in [5.41, 5.74) is 0.947. The molecular formula is C7H16N2O2Si. The van der Waals surface area contributed by atoms with Crippen molar-refractivity contribution in [1.82, 2.24) is 0 Å². The van der Waals surface area contributed by atoms with E-state index >= 15 is 0 Å². The van der Waals surface area contributed by atoms with Crippen LogP contribution in [0.15, 0.2) is 10.3 Å². The van der Waals surface area contributed by atoms with Gasteiger partial charge in [-0.2, -0.15) is 0 Å². The second kappa shape index (κ2) is 4.92. The van der Waals surface area contributed by atoms with Crippen molar-refractivity contribution in [2.45, 2.75) is 33.4 Å². The van der Waals surface area contributed by atoms with Crippen LogP contribution in [0.2, 0.25) is 13.1 Å². The van der Waals surface area contributed by atoms with Crippen molar-refractivity contribution in [2.75, 3.05) is 0 Å². The molecule has 0 saturated carbocycles. The molecule has 0 atom stereocenters. The predicted molar refractivity (Wildman–Crippen MR) is 52.6 cm³/mol. The van der Waals surface area contributed by atoms with Gasteiger partial charge in [-0.25, -0.2) is 0 Å². The van der Waals surface area contributed by atoms with Crippen LogP contribution < -0.4 is 0 Å². The Balaban J connectivity index is 3.97. The maximum atomic E-state index is 5.19. The van der Waals surface area contributed by atoms with Crippen LogP contribution in [-0.4, -0.2) is 21.0 Å². The van der Waals surface area contributed by atoms with Crippen LogP contribution >= 0.6 is 0 Å². The summed E-state index contributed by atoms with van der Waals surface area (Å²) < 4.78 is 10.1. The molecule has 4 nitrogen and oxygen atoms in total. The van der Waals surface area contributed by atoms with E-state index in [1.165, 1.54) is 0 Å². The Bertz CT molecular complexity index is 180. The highest BCUT2D eigenvalue weighted by Gasteiger charge is 2.29. The molecule has 0 saturated heterocycles. The Kier molecular flexibility index (Phi) is 4.57. The summed E-state index contributed by atoms with van der Waals surface area (Å²) in [6.07, 6.45) is 0.881. The van der Waals surface area contributed by atoms with Crippen LogP contribution in [-0.2, 0) is 9.05 Å². The van der Waals surface area contributed by atoms with Crippen LogP contribution in [0.1, 0.15) is 20.3 Å². The second-order valence-corrected chi connectivity index (χ2v) is 6.06. The molecule has 0 aliphatic heterocycles. The maximum absolute atomic E-state index is 5.19. The van der Waals surface area contributed by atoms with Crippen LogP contribution in [0.5, 0.6) is 0 Å². The first-order chi connectivity index (χ1) is 5.52. The minimum absolute atomic E-state index is 0.881. The third-order valence-electron chi connectivity index (χ3n) is 1.22. The molecule has 0 N–H and O–H groups in total. The number of oxime groups is 2. The fourth-order valence-corrected chi connectivity index (χ4v) is 1.14. The molecular weight excluding hydrogens is 172 g/mol. The lowest BCUT2D eigenvalue weighted by Gasteiger charge is -2.15. The monoisotopic (exact) mass is 188 g/mol. The number of hydrogen-bond acceptors (Lipinski definition) is 4. The van der Waals surface area contributed by atoms with Crippen molar-refractivity contribution in [3.63, 3.8) is 0 Å². The fourth-order valence-electron chi connectivity index (χ4n) is 0.425. The molecule has 0 aromatic heterocycles. The van der Waals surface area contributed by atoms with Crippen LogP contribution in [0.3, 0.4) is 0 Å². The largest absolute Gasteiger partial charge is 0.503 e. The van der Waals surface area contributed by atoms with Gasteiger partial charge in [-0.1, -0.05) is 6.92 Å². The summed E-state index contributed by atoms with van der Waals surface area (Å²) >= 11 is 0. The lowest BCUT2D eigenvalue weighted by atomic mass is 10.3. The molecule has 0 aromatic carbocycles. The second-order valence-electron chi connectivity index (χ2n) is 2.89. The van der Waals surface area contributed by atoms with Gasteiger partial charge in [0.1, 0.15) is 0 Å². The van der Waals surface area contributed by atoms with E-state index in [0.717, 1.165) is 12.1 Å². The molecule has 0 aliphatic rings. The SMILES string of the molecule is C=NO[Si](C)(C)O/N=C(\C)CC. The van der Waals surface area contributed by atoms with E-state index < -0.39 is 8.56 Å². The first kappa shape index (κ1) is 11.2. The van der Waals surface area contributed by atoms with E-state index in [9.17, 15) is 0 Å². The molecule has 0 radical (unpaired) electrons. The standard InChI is InChI=1S/C7H16N2O2Si/c1-6-7(2)9-11-12(4,5)10-8-3/h3,6H2,1-2,4-5H3/b9-7+. The van der Waals surface area contributed by atoms with Gasteiger partial charge in [0, 0.05) is 19.8 Å². The van der Waals surface area contributed by atoms with Gasteiger partial charge < -0.3 is 9.05 Å². The van der Waals surface area contributed by atoms with Crippen molar-refractivity contribution < 1.29 is 9.05 Å². The van der Waals surface area contributed by atoms with E-state index in [-0.39, 0.29) is 0 Å². The van der Waals surface area contributed by atoms with Gasteiger partial charge in [-0.15, -0.1) is 10.3 Å². The molecule has 0 aromatic rings. The zero-order valence-electron chi connectivity index (χ0n) is 8.13. The summed E-state index contributed by atoms with van der Waals surface area (Å²) in [6.45, 7) is 10.9. The summed E-state index contributed by atoms with van der Waals surface area (Å²) in [6, 6.07) is 0. The van der Waals surface area contributed by atoms with E-state index in [2.05, 4.69) is 17.0 Å². The third kappa shape index (κ3) is 4.89. The minimum Gasteiger partial charge on any atom is -0.409 e. The molecule has 0 rings (SSSR count). The zero-order valence-corrected chi connectivity index (χ0v) is 9.13. The van der Waals surface area contributed by atoms with Crippen molar-refractivity contribution in [1.29, 1.82) is 0 Å². The highest BCUT2D eigenvalue weighted by atomic mass is 28.4. The molecule has 0 aliphatic carbocycles. The van der Waals surface area contributed by atoms with Crippen LogP contribution in [0.4, 0.5) is 0 Å². The van der Waals surface area contributed by atoms with Crippen LogP contribution in [0.25, 0.3) is 0 Å². The number of rotatable bonds is 5. The highest BCUT2D eigenvalue weighted by Crippen LogP contribution is 2.07. The topological polar surface area (TPSA) is 43.2 Å². The van der Waals surface area contributed by atoms with Crippen LogP contribution in [0, 0.1) is 0 Å². The first-order valence-electron chi connectivity index (χ1n) is 3.87. The van der Waals surface area contributed by atoms with E-state index in [1.807, 2.05) is 26.9 Å². The van der Waals surface area contributed by atoms with Gasteiger partial charge in [-0.05, 0) is 13.3 Å². The molecule has 0 spiro atoms. The Morgan fingerprint density at radius 1 is 1.42 bits per heavy atom. The van der Waals surface area contributed by atoms with Crippen molar-refractivity contribution >= 4 is 21.0 Å². The van der Waals surface area contributed by atoms with E-state index in [4.69, 9.17) is 9.05 Å². The maximum Gasteiger partial charge on any atom is 0.503 e. The summed E-state index contributed by atoms with van der Waals surface area (Å²) in [4.78, 5) is 0. The molecule has 70 valence electrons. The van der Waals surface area contributed by atoms with Crippen molar-refractivity contribution in [3.05, 3.63) is 0 Å². The van der Waals surface area contributed by atoms with Crippen molar-refractivity contribution in [2.24, 2.45) is 10.3 Å². The molecule has 0 fully saturated rings. The van der Waals surface area contributed by atoms with Gasteiger partial charge in [0.25, 0.3) is 0 Å². The van der Waals surface area contributed by atoms with Gasteiger partial charge in [0.2, 0.25) is 0 Å². The molecule has 0 unspecified atom stereocenters. The quantitative estimate of drug-likeness (QED) is 0.377. The molecule has 0 heterocycles. The normalized spacial score (nSPS) is 12.5. The van der Waals surface area contributed by atoms with Gasteiger partial charge in [0.15, 0.2) is 0 Å². The Morgan fingerprint density at radius 3 is 2.42 bits per heavy atom.